The Morgan fingerprint density at radius 1 is 1.27 bits per heavy atom. The van der Waals surface area contributed by atoms with Crippen LogP contribution >= 0.6 is 0 Å². The molecule has 1 rings (SSSR count). The van der Waals surface area contributed by atoms with Crippen LogP contribution < -0.4 is 5.73 Å². The van der Waals surface area contributed by atoms with Crippen LogP contribution in [0.15, 0.2) is 0 Å². The van der Waals surface area contributed by atoms with Gasteiger partial charge in [0.2, 0.25) is 5.91 Å². The highest BCUT2D eigenvalue weighted by molar-refractivity contribution is 5.81. The second-order valence-electron chi connectivity index (χ2n) is 4.41. The molecule has 1 unspecified atom stereocenters. The topological polar surface area (TPSA) is 49.6 Å². The molecule has 0 aromatic carbocycles. The molecule has 1 aliphatic rings. The molecule has 2 atom stereocenters. The Hall–Kier alpha value is -0.610. The molecule has 4 heteroatoms. The lowest BCUT2D eigenvalue weighted by atomic mass is 10.2. The molecule has 1 heterocycles. The van der Waals surface area contributed by atoms with Crippen LogP contribution in [0, 0.1) is 0 Å². The Balaban J connectivity index is 2.39. The van der Waals surface area contributed by atoms with Gasteiger partial charge >= 0.3 is 0 Å². The second-order valence-corrected chi connectivity index (χ2v) is 4.41. The van der Waals surface area contributed by atoms with E-state index in [1.807, 2.05) is 4.90 Å². The van der Waals surface area contributed by atoms with Gasteiger partial charge in [0, 0.05) is 32.2 Å². The number of piperazine rings is 1. The molecule has 0 bridgehead atoms. The summed E-state index contributed by atoms with van der Waals surface area (Å²) < 4.78 is 0. The van der Waals surface area contributed by atoms with E-state index in [2.05, 4.69) is 18.7 Å². The number of carbonyl (C=O) groups excluding carboxylic acids is 1. The molecule has 0 spiro atoms. The van der Waals surface area contributed by atoms with Crippen LogP contribution in [-0.4, -0.2) is 54.0 Å². The van der Waals surface area contributed by atoms with Gasteiger partial charge in [-0.1, -0.05) is 6.92 Å². The highest BCUT2D eigenvalue weighted by atomic mass is 16.2. The van der Waals surface area contributed by atoms with Crippen LogP contribution in [-0.2, 0) is 4.79 Å². The average molecular weight is 213 g/mol. The highest BCUT2D eigenvalue weighted by Crippen LogP contribution is 2.09. The zero-order valence-electron chi connectivity index (χ0n) is 10.1. The number of nitrogens with zero attached hydrogens (tertiary/aromatic N) is 2. The van der Waals surface area contributed by atoms with Gasteiger partial charge in [0.1, 0.15) is 0 Å². The van der Waals surface area contributed by atoms with Crippen LogP contribution in [0.4, 0.5) is 0 Å². The van der Waals surface area contributed by atoms with Crippen molar-refractivity contribution in [2.75, 3.05) is 26.2 Å². The quantitative estimate of drug-likeness (QED) is 0.732. The lowest BCUT2D eigenvalue weighted by Gasteiger charge is -2.38. The predicted molar refractivity (Wildman–Crippen MR) is 61.6 cm³/mol. The van der Waals surface area contributed by atoms with Gasteiger partial charge in [-0.3, -0.25) is 9.69 Å². The molecule has 88 valence electrons. The Morgan fingerprint density at radius 3 is 2.20 bits per heavy atom. The predicted octanol–water partition coefficient (Wildman–Crippen LogP) is 0.276. The number of carbonyl (C=O) groups is 1. The molecule has 1 amide bonds. The molecule has 0 radical (unpaired) electrons. The maximum absolute atomic E-state index is 11.6. The molecular formula is C11H23N3O. The second kappa shape index (κ2) is 5.47. The lowest BCUT2D eigenvalue weighted by molar-refractivity contribution is -0.134. The highest BCUT2D eigenvalue weighted by Gasteiger charge is 2.24. The first-order chi connectivity index (χ1) is 7.06. The monoisotopic (exact) mass is 213 g/mol. The van der Waals surface area contributed by atoms with Crippen molar-refractivity contribution < 1.29 is 4.79 Å². The van der Waals surface area contributed by atoms with Crippen LogP contribution in [0.2, 0.25) is 0 Å². The summed E-state index contributed by atoms with van der Waals surface area (Å²) in [6, 6.07) is 0.262. The fraction of sp³-hybridized carbons (Fsp3) is 0.909. The summed E-state index contributed by atoms with van der Waals surface area (Å²) in [5, 5.41) is 0. The summed E-state index contributed by atoms with van der Waals surface area (Å²) in [6.45, 7) is 9.80. The maximum atomic E-state index is 11.6. The third-order valence-electron chi connectivity index (χ3n) is 3.23. The van der Waals surface area contributed by atoms with Gasteiger partial charge in [-0.05, 0) is 20.3 Å². The zero-order valence-corrected chi connectivity index (χ0v) is 10.1. The minimum atomic E-state index is -0.361. The largest absolute Gasteiger partial charge is 0.339 e. The van der Waals surface area contributed by atoms with E-state index in [0.29, 0.717) is 6.04 Å². The van der Waals surface area contributed by atoms with Crippen LogP contribution in [0.3, 0.4) is 0 Å². The molecule has 2 N–H and O–H groups in total. The number of amides is 1. The van der Waals surface area contributed by atoms with Gasteiger partial charge in [-0.15, -0.1) is 0 Å². The SMILES string of the molecule is CCC(C)N1CCN(C(=O)[C@@H](C)N)CC1. The van der Waals surface area contributed by atoms with Gasteiger partial charge in [0.05, 0.1) is 6.04 Å². The molecule has 1 fully saturated rings. The standard InChI is InChI=1S/C11H23N3O/c1-4-9(2)13-5-7-14(8-6-13)11(15)10(3)12/h9-10H,4-8,12H2,1-3H3/t9?,10-/m1/s1. The number of nitrogens with two attached hydrogens (primary N) is 1. The van der Waals surface area contributed by atoms with E-state index in [4.69, 9.17) is 5.73 Å². The van der Waals surface area contributed by atoms with Crippen molar-refractivity contribution in [2.24, 2.45) is 5.73 Å². The van der Waals surface area contributed by atoms with E-state index in [1.165, 1.54) is 6.42 Å². The van der Waals surface area contributed by atoms with E-state index in [9.17, 15) is 4.79 Å². The van der Waals surface area contributed by atoms with Crippen LogP contribution in [0.5, 0.6) is 0 Å². The van der Waals surface area contributed by atoms with Gasteiger partial charge in [-0.25, -0.2) is 0 Å². The van der Waals surface area contributed by atoms with Crippen molar-refractivity contribution >= 4 is 5.91 Å². The lowest BCUT2D eigenvalue weighted by Crippen LogP contribution is -2.54. The van der Waals surface area contributed by atoms with Gasteiger partial charge < -0.3 is 10.6 Å². The van der Waals surface area contributed by atoms with E-state index in [0.717, 1.165) is 26.2 Å². The summed E-state index contributed by atoms with van der Waals surface area (Å²) in [7, 11) is 0. The van der Waals surface area contributed by atoms with Crippen molar-refractivity contribution in [3.8, 4) is 0 Å². The van der Waals surface area contributed by atoms with Crippen molar-refractivity contribution in [3.05, 3.63) is 0 Å². The first kappa shape index (κ1) is 12.5. The Morgan fingerprint density at radius 2 is 1.80 bits per heavy atom. The van der Waals surface area contributed by atoms with Crippen molar-refractivity contribution in [2.45, 2.75) is 39.3 Å². The summed E-state index contributed by atoms with van der Waals surface area (Å²) >= 11 is 0. The van der Waals surface area contributed by atoms with Gasteiger partial charge in [0.15, 0.2) is 0 Å². The number of hydrogen-bond acceptors (Lipinski definition) is 3. The minimum absolute atomic E-state index is 0.0822. The fourth-order valence-corrected chi connectivity index (χ4v) is 1.93. The van der Waals surface area contributed by atoms with E-state index in [-0.39, 0.29) is 11.9 Å². The van der Waals surface area contributed by atoms with Gasteiger partial charge in [-0.2, -0.15) is 0 Å². The maximum Gasteiger partial charge on any atom is 0.239 e. The Bertz CT molecular complexity index is 210. The molecule has 0 aromatic rings. The van der Waals surface area contributed by atoms with E-state index in [1.54, 1.807) is 6.92 Å². The molecule has 0 saturated carbocycles. The first-order valence-corrected chi connectivity index (χ1v) is 5.84. The zero-order chi connectivity index (χ0) is 11.4. The van der Waals surface area contributed by atoms with Crippen molar-refractivity contribution in [1.82, 2.24) is 9.80 Å². The van der Waals surface area contributed by atoms with Crippen LogP contribution in [0.25, 0.3) is 0 Å². The van der Waals surface area contributed by atoms with Crippen molar-refractivity contribution in [3.63, 3.8) is 0 Å². The molecule has 1 aliphatic heterocycles. The third-order valence-corrected chi connectivity index (χ3v) is 3.23. The van der Waals surface area contributed by atoms with Gasteiger partial charge in [0.25, 0.3) is 0 Å². The molecule has 15 heavy (non-hydrogen) atoms. The summed E-state index contributed by atoms with van der Waals surface area (Å²) in [4.78, 5) is 15.9. The third kappa shape index (κ3) is 3.18. The minimum Gasteiger partial charge on any atom is -0.339 e. The first-order valence-electron chi connectivity index (χ1n) is 5.84. The number of rotatable bonds is 3. The molecule has 1 saturated heterocycles. The fourth-order valence-electron chi connectivity index (χ4n) is 1.93. The summed E-state index contributed by atoms with van der Waals surface area (Å²) in [5.41, 5.74) is 5.58. The van der Waals surface area contributed by atoms with E-state index < -0.39 is 0 Å². The Kier molecular flexibility index (Phi) is 4.54. The molecule has 0 aliphatic carbocycles. The molecular weight excluding hydrogens is 190 g/mol. The van der Waals surface area contributed by atoms with E-state index >= 15 is 0 Å². The summed E-state index contributed by atoms with van der Waals surface area (Å²) in [5.74, 6) is 0.0822. The van der Waals surface area contributed by atoms with Crippen LogP contribution in [0.1, 0.15) is 27.2 Å². The normalized spacial score (nSPS) is 22.5. The summed E-state index contributed by atoms with van der Waals surface area (Å²) in [6.07, 6.45) is 1.17. The molecule has 0 aromatic heterocycles. The Labute approximate surface area is 92.4 Å². The van der Waals surface area contributed by atoms with Crippen molar-refractivity contribution in [1.29, 1.82) is 0 Å². The molecule has 4 nitrogen and oxygen atoms in total. The average Bonchev–Trinajstić information content (AvgIpc) is 2.27. The number of hydrogen-bond donors (Lipinski definition) is 1. The smallest absolute Gasteiger partial charge is 0.239 e.